The van der Waals surface area contributed by atoms with Crippen molar-refractivity contribution >= 4 is 16.7 Å². The maximum absolute atomic E-state index is 6.23. The minimum Gasteiger partial charge on any atom is -0.494 e. The Bertz CT molecular complexity index is 1330. The molecule has 3 aliphatic rings. The van der Waals surface area contributed by atoms with Crippen molar-refractivity contribution in [2.45, 2.75) is 24.8 Å². The van der Waals surface area contributed by atoms with Gasteiger partial charge in [-0.15, -0.1) is 0 Å². The van der Waals surface area contributed by atoms with Crippen LogP contribution in [0.4, 0.5) is 5.69 Å². The summed E-state index contributed by atoms with van der Waals surface area (Å²) in [6, 6.07) is 9.31. The number of nitrogens with one attached hydrogen (secondary N) is 1. The van der Waals surface area contributed by atoms with E-state index in [2.05, 4.69) is 89.5 Å². The van der Waals surface area contributed by atoms with Gasteiger partial charge in [-0.2, -0.15) is 0 Å². The Labute approximate surface area is 219 Å². The first-order valence-corrected chi connectivity index (χ1v) is 13.4. The van der Waals surface area contributed by atoms with Gasteiger partial charge in [0.15, 0.2) is 0 Å². The van der Waals surface area contributed by atoms with Crippen molar-refractivity contribution in [3.05, 3.63) is 66.2 Å². The van der Waals surface area contributed by atoms with Crippen molar-refractivity contribution in [3.8, 4) is 16.9 Å². The molecule has 3 aromatic rings. The Morgan fingerprint density at radius 3 is 2.95 bits per heavy atom. The lowest BCUT2D eigenvalue weighted by Gasteiger charge is -2.44. The number of benzene rings is 1. The van der Waals surface area contributed by atoms with Crippen LogP contribution < -0.4 is 9.64 Å². The Morgan fingerprint density at radius 2 is 2.11 bits per heavy atom. The van der Waals surface area contributed by atoms with E-state index < -0.39 is 0 Å². The lowest BCUT2D eigenvalue weighted by Crippen LogP contribution is -2.56. The molecule has 2 atom stereocenters. The lowest BCUT2D eigenvalue weighted by molar-refractivity contribution is 0.188. The number of likely N-dealkylation sites (N-methyl/N-ethyl adjacent to an activating group) is 1. The lowest BCUT2D eigenvalue weighted by atomic mass is 9.91. The van der Waals surface area contributed by atoms with Crippen LogP contribution in [0.3, 0.4) is 0 Å². The van der Waals surface area contributed by atoms with Crippen LogP contribution in [0.1, 0.15) is 24.3 Å². The molecule has 1 aromatic carbocycles. The summed E-state index contributed by atoms with van der Waals surface area (Å²) >= 11 is 0. The molecule has 1 fully saturated rings. The Morgan fingerprint density at radius 1 is 1.19 bits per heavy atom. The fraction of sp³-hybridized carbons (Fsp3) is 0.433. The molecule has 6 rings (SSSR count). The van der Waals surface area contributed by atoms with Gasteiger partial charge >= 0.3 is 0 Å². The summed E-state index contributed by atoms with van der Waals surface area (Å²) in [5, 5.41) is 1.17. The van der Waals surface area contributed by atoms with Crippen molar-refractivity contribution in [2.24, 2.45) is 0 Å². The molecule has 2 aliphatic heterocycles. The Hall–Kier alpha value is -3.29. The molecule has 0 amide bonds. The summed E-state index contributed by atoms with van der Waals surface area (Å²) in [6.45, 7) is 5.71. The highest BCUT2D eigenvalue weighted by atomic mass is 16.5. The summed E-state index contributed by atoms with van der Waals surface area (Å²) in [5.74, 6) is 2.26. The van der Waals surface area contributed by atoms with Crippen LogP contribution in [-0.2, 0) is 4.74 Å². The SMILES string of the molecule is CN(C)CCCOC1=CCC(c2c[nH]c3ncc(-c4ccc5c(c4)OCC4CN(C)CCN54)cc23)C=C1. The second-order valence-electron chi connectivity index (χ2n) is 10.8. The average Bonchev–Trinajstić information content (AvgIpc) is 3.34. The van der Waals surface area contributed by atoms with Crippen molar-refractivity contribution in [2.75, 3.05) is 65.4 Å². The monoisotopic (exact) mass is 499 g/mol. The number of anilines is 1. The van der Waals surface area contributed by atoms with Gasteiger partial charge < -0.3 is 29.2 Å². The van der Waals surface area contributed by atoms with Gasteiger partial charge in [-0.3, -0.25) is 0 Å². The van der Waals surface area contributed by atoms with E-state index in [-0.39, 0.29) is 0 Å². The quantitative estimate of drug-likeness (QED) is 0.478. The number of aromatic nitrogens is 2. The minimum atomic E-state index is 0.306. The molecule has 0 radical (unpaired) electrons. The van der Waals surface area contributed by atoms with Gasteiger partial charge in [0.25, 0.3) is 0 Å². The van der Waals surface area contributed by atoms with Crippen molar-refractivity contribution in [1.82, 2.24) is 19.8 Å². The van der Waals surface area contributed by atoms with E-state index in [4.69, 9.17) is 14.5 Å². The van der Waals surface area contributed by atoms with E-state index in [1.165, 1.54) is 16.6 Å². The highest BCUT2D eigenvalue weighted by molar-refractivity contribution is 5.86. The average molecular weight is 500 g/mol. The van der Waals surface area contributed by atoms with E-state index in [0.29, 0.717) is 12.0 Å². The van der Waals surface area contributed by atoms with E-state index >= 15 is 0 Å². The number of aromatic amines is 1. The first-order chi connectivity index (χ1) is 18.0. The molecule has 0 bridgehead atoms. The molecule has 1 N–H and O–H groups in total. The summed E-state index contributed by atoms with van der Waals surface area (Å²) in [7, 11) is 6.37. The molecule has 1 aliphatic carbocycles. The van der Waals surface area contributed by atoms with Gasteiger partial charge in [0.05, 0.1) is 18.3 Å². The standard InChI is InChI=1S/C30H37N5O2/c1-33(2)11-4-14-36-25-8-5-21(6-9-25)27-18-32-30-26(27)15-23(17-31-30)22-7-10-28-29(16-22)37-20-24-19-34(3)12-13-35(24)28/h5,7-10,15-18,21,24H,4,6,11-14,19-20H2,1-3H3,(H,31,32). The molecular weight excluding hydrogens is 462 g/mol. The summed E-state index contributed by atoms with van der Waals surface area (Å²) < 4.78 is 12.2. The number of ether oxygens (including phenoxy) is 2. The smallest absolute Gasteiger partial charge is 0.143 e. The molecule has 7 heteroatoms. The third kappa shape index (κ3) is 4.98. The molecule has 4 heterocycles. The summed E-state index contributed by atoms with van der Waals surface area (Å²) in [6.07, 6.45) is 12.6. The van der Waals surface area contributed by atoms with Crippen molar-refractivity contribution < 1.29 is 9.47 Å². The Balaban J connectivity index is 1.19. The second-order valence-corrected chi connectivity index (χ2v) is 10.8. The van der Waals surface area contributed by atoms with Gasteiger partial charge in [0.1, 0.15) is 23.8 Å². The van der Waals surface area contributed by atoms with E-state index in [1.54, 1.807) is 0 Å². The molecule has 0 saturated carbocycles. The maximum atomic E-state index is 6.23. The van der Waals surface area contributed by atoms with E-state index in [9.17, 15) is 0 Å². The molecular formula is C30H37N5O2. The van der Waals surface area contributed by atoms with Gasteiger partial charge in [-0.1, -0.05) is 12.1 Å². The number of pyridine rings is 1. The number of allylic oxidation sites excluding steroid dienone is 3. The number of hydrogen-bond acceptors (Lipinski definition) is 6. The molecule has 1 saturated heterocycles. The van der Waals surface area contributed by atoms with Crippen molar-refractivity contribution in [1.29, 1.82) is 0 Å². The second kappa shape index (κ2) is 10.2. The normalized spacial score (nSPS) is 21.5. The molecule has 2 aromatic heterocycles. The zero-order valence-corrected chi connectivity index (χ0v) is 22.1. The molecule has 2 unspecified atom stereocenters. The zero-order valence-electron chi connectivity index (χ0n) is 22.1. The fourth-order valence-electron chi connectivity index (χ4n) is 5.70. The predicted octanol–water partition coefficient (Wildman–Crippen LogP) is 4.64. The number of H-pyrrole nitrogens is 1. The van der Waals surface area contributed by atoms with Crippen molar-refractivity contribution in [3.63, 3.8) is 0 Å². The maximum Gasteiger partial charge on any atom is 0.143 e. The van der Waals surface area contributed by atoms with Crippen LogP contribution in [0, 0.1) is 0 Å². The zero-order chi connectivity index (χ0) is 25.4. The third-order valence-electron chi connectivity index (χ3n) is 7.77. The number of hydrogen-bond donors (Lipinski definition) is 1. The number of fused-ring (bicyclic) bond motifs is 4. The van der Waals surface area contributed by atoms with Crippen LogP contribution in [0.2, 0.25) is 0 Å². The minimum absolute atomic E-state index is 0.306. The number of piperazine rings is 1. The first-order valence-electron chi connectivity index (χ1n) is 13.4. The predicted molar refractivity (Wildman–Crippen MR) is 149 cm³/mol. The summed E-state index contributed by atoms with van der Waals surface area (Å²) in [4.78, 5) is 15.2. The highest BCUT2D eigenvalue weighted by Gasteiger charge is 2.31. The van der Waals surface area contributed by atoms with Gasteiger partial charge in [-0.05, 0) is 75.5 Å². The molecule has 194 valence electrons. The van der Waals surface area contributed by atoms with Gasteiger partial charge in [-0.25, -0.2) is 4.98 Å². The largest absolute Gasteiger partial charge is 0.494 e. The van der Waals surface area contributed by atoms with Gasteiger partial charge in [0, 0.05) is 55.4 Å². The van der Waals surface area contributed by atoms with Crippen LogP contribution in [0.15, 0.2) is 60.6 Å². The molecule has 0 spiro atoms. The van der Waals surface area contributed by atoms with E-state index in [0.717, 1.165) is 80.5 Å². The highest BCUT2D eigenvalue weighted by Crippen LogP contribution is 2.39. The number of rotatable bonds is 7. The third-order valence-corrected chi connectivity index (χ3v) is 7.77. The topological polar surface area (TPSA) is 56.9 Å². The first kappa shape index (κ1) is 24.1. The van der Waals surface area contributed by atoms with Crippen LogP contribution in [-0.4, -0.2) is 86.3 Å². The fourth-order valence-corrected chi connectivity index (χ4v) is 5.70. The van der Waals surface area contributed by atoms with Crippen LogP contribution >= 0.6 is 0 Å². The number of nitrogens with zero attached hydrogens (tertiary/aromatic N) is 4. The van der Waals surface area contributed by atoms with E-state index in [1.807, 2.05) is 6.20 Å². The van der Waals surface area contributed by atoms with Crippen LogP contribution in [0.25, 0.3) is 22.2 Å². The van der Waals surface area contributed by atoms with Crippen LogP contribution in [0.5, 0.6) is 5.75 Å². The summed E-state index contributed by atoms with van der Waals surface area (Å²) in [5.41, 5.74) is 5.67. The molecule has 37 heavy (non-hydrogen) atoms. The molecule has 7 nitrogen and oxygen atoms in total. The van der Waals surface area contributed by atoms with Gasteiger partial charge in [0.2, 0.25) is 0 Å². The Kier molecular flexibility index (Phi) is 6.65.